The van der Waals surface area contributed by atoms with Gasteiger partial charge >= 0.3 is 0 Å². The molecule has 0 radical (unpaired) electrons. The zero-order valence-corrected chi connectivity index (χ0v) is 21.6. The number of carbonyl (C=O) groups is 1. The molecule has 0 bridgehead atoms. The lowest BCUT2D eigenvalue weighted by Crippen LogP contribution is -2.35. The van der Waals surface area contributed by atoms with Gasteiger partial charge in [-0.1, -0.05) is 49.7 Å². The number of thioether (sulfide) groups is 1. The van der Waals surface area contributed by atoms with Gasteiger partial charge in [0.15, 0.2) is 5.84 Å². The van der Waals surface area contributed by atoms with Crippen molar-refractivity contribution in [2.75, 3.05) is 6.61 Å². The Morgan fingerprint density at radius 2 is 1.89 bits per heavy atom. The van der Waals surface area contributed by atoms with Crippen molar-refractivity contribution in [3.05, 3.63) is 70.9 Å². The van der Waals surface area contributed by atoms with E-state index in [0.29, 0.717) is 18.3 Å². The van der Waals surface area contributed by atoms with Gasteiger partial charge in [-0.15, -0.1) is 0 Å². The summed E-state index contributed by atoms with van der Waals surface area (Å²) < 4.78 is 8.26. The Morgan fingerprint density at radius 1 is 1.11 bits per heavy atom. The van der Waals surface area contributed by atoms with E-state index < -0.39 is 5.91 Å². The summed E-state index contributed by atoms with van der Waals surface area (Å²) in [6.07, 6.45) is 4.70. The number of aromatic nitrogens is 1. The normalized spacial score (nSPS) is 16.5. The summed E-state index contributed by atoms with van der Waals surface area (Å²) >= 11 is 1.39. The Morgan fingerprint density at radius 3 is 2.69 bits per heavy atom. The van der Waals surface area contributed by atoms with Gasteiger partial charge in [0.25, 0.3) is 5.91 Å². The fourth-order valence-electron chi connectivity index (χ4n) is 4.50. The van der Waals surface area contributed by atoms with Crippen LogP contribution in [0.5, 0.6) is 5.75 Å². The predicted octanol–water partition coefficient (Wildman–Crippen LogP) is 6.15. The molecule has 0 fully saturated rings. The molecule has 1 N–H and O–H groups in total. The van der Waals surface area contributed by atoms with E-state index in [4.69, 9.17) is 10.1 Å². The van der Waals surface area contributed by atoms with E-state index in [9.17, 15) is 4.79 Å². The molecule has 8 heteroatoms. The summed E-state index contributed by atoms with van der Waals surface area (Å²) in [5.74, 6) is 0.555. The Bertz CT molecular complexity index is 1450. The Hall–Kier alpha value is -3.65. The molecule has 1 amide bonds. The Labute approximate surface area is 215 Å². The van der Waals surface area contributed by atoms with E-state index in [-0.39, 0.29) is 11.4 Å². The molecule has 3 heterocycles. The van der Waals surface area contributed by atoms with Crippen LogP contribution in [0.25, 0.3) is 17.0 Å². The first kappa shape index (κ1) is 24.1. The Balaban J connectivity index is 1.45. The number of carbonyl (C=O) groups excluding carboxylic acids is 1. The number of rotatable bonds is 8. The lowest BCUT2D eigenvalue weighted by atomic mass is 10.1. The third kappa shape index (κ3) is 4.48. The smallest absolute Gasteiger partial charge is 0.283 e. The van der Waals surface area contributed by atoms with Gasteiger partial charge < -0.3 is 9.30 Å². The molecule has 7 nitrogen and oxygen atoms in total. The SMILES string of the molecule is CCCCC1=NN2C(=N)/C(=C/c3c(C)n(CCOc4ccccc4C)c4ccccc34)C(=O)N=C2S1. The molecule has 0 unspecified atom stereocenters. The largest absolute Gasteiger partial charge is 0.491 e. The number of aliphatic imine (C=N–C) groups is 1. The van der Waals surface area contributed by atoms with Gasteiger partial charge in [0.1, 0.15) is 17.4 Å². The first-order valence-corrected chi connectivity index (χ1v) is 13.0. The van der Waals surface area contributed by atoms with E-state index >= 15 is 0 Å². The molecule has 3 aromatic rings. The quantitative estimate of drug-likeness (QED) is 0.377. The molecule has 0 saturated heterocycles. The summed E-state index contributed by atoms with van der Waals surface area (Å²) in [4.78, 5) is 17.2. The molecule has 0 spiro atoms. The third-order valence-corrected chi connectivity index (χ3v) is 7.44. The highest BCUT2D eigenvalue weighted by atomic mass is 32.2. The monoisotopic (exact) mass is 499 g/mol. The van der Waals surface area contributed by atoms with Crippen LogP contribution in [0.1, 0.15) is 43.0 Å². The van der Waals surface area contributed by atoms with Crippen LogP contribution in [-0.2, 0) is 11.3 Å². The fourth-order valence-corrected chi connectivity index (χ4v) is 5.43. The minimum Gasteiger partial charge on any atom is -0.491 e. The standard InChI is InChI=1S/C28H29N5O2S/c1-4-5-14-25-31-33-26(29)22(27(34)30-28(33)36-25)17-21-19(3)32(23-12-8-7-11-20(21)23)15-16-35-24-13-9-6-10-18(24)2/h6-13,17,29H,4-5,14-16H2,1-3H3/b22-17-,29-26?. The van der Waals surface area contributed by atoms with E-state index in [1.807, 2.05) is 56.3 Å². The zero-order chi connectivity index (χ0) is 25.2. The van der Waals surface area contributed by atoms with Crippen molar-refractivity contribution >= 4 is 50.7 Å². The number of hydrogen-bond acceptors (Lipinski definition) is 5. The second-order valence-corrected chi connectivity index (χ2v) is 9.94. The summed E-state index contributed by atoms with van der Waals surface area (Å²) in [5.41, 5.74) is 4.34. The van der Waals surface area contributed by atoms with Crippen LogP contribution < -0.4 is 4.74 Å². The number of nitrogens with zero attached hydrogens (tertiary/aromatic N) is 4. The summed E-state index contributed by atoms with van der Waals surface area (Å²) in [6.45, 7) is 7.38. The van der Waals surface area contributed by atoms with E-state index in [1.165, 1.54) is 16.8 Å². The molecule has 0 saturated carbocycles. The molecule has 2 aliphatic heterocycles. The van der Waals surface area contributed by atoms with Gasteiger partial charge in [0.2, 0.25) is 5.17 Å². The van der Waals surface area contributed by atoms with Gasteiger partial charge in [0, 0.05) is 22.2 Å². The highest BCUT2D eigenvalue weighted by molar-refractivity contribution is 8.26. The van der Waals surface area contributed by atoms with Gasteiger partial charge in [-0.2, -0.15) is 15.1 Å². The number of unbranched alkanes of at least 4 members (excludes halogenated alkanes) is 1. The molecule has 36 heavy (non-hydrogen) atoms. The summed E-state index contributed by atoms with van der Waals surface area (Å²) in [5, 5.41) is 17.2. The number of amidine groups is 2. The van der Waals surface area contributed by atoms with Crippen LogP contribution >= 0.6 is 11.8 Å². The summed E-state index contributed by atoms with van der Waals surface area (Å²) in [6, 6.07) is 16.1. The minimum absolute atomic E-state index is 0.0723. The van der Waals surface area contributed by atoms with Crippen molar-refractivity contribution in [3.63, 3.8) is 0 Å². The lowest BCUT2D eigenvalue weighted by Gasteiger charge is -2.20. The van der Waals surface area contributed by atoms with Crippen molar-refractivity contribution in [1.82, 2.24) is 9.58 Å². The average molecular weight is 500 g/mol. The molecule has 1 aromatic heterocycles. The highest BCUT2D eigenvalue weighted by Crippen LogP contribution is 2.33. The van der Waals surface area contributed by atoms with Crippen LogP contribution in [0.15, 0.2) is 64.2 Å². The number of hydrazone groups is 1. The number of fused-ring (bicyclic) bond motifs is 2. The van der Waals surface area contributed by atoms with E-state index in [0.717, 1.165) is 57.8 Å². The molecule has 184 valence electrons. The molecule has 0 atom stereocenters. The molecule has 5 rings (SSSR count). The number of ether oxygens (including phenoxy) is 1. The fraction of sp³-hybridized carbons (Fsp3) is 0.286. The average Bonchev–Trinajstić information content (AvgIpc) is 3.40. The van der Waals surface area contributed by atoms with Crippen LogP contribution in [0.3, 0.4) is 0 Å². The number of aryl methyl sites for hydroxylation is 1. The lowest BCUT2D eigenvalue weighted by molar-refractivity contribution is -0.114. The van der Waals surface area contributed by atoms with Crippen molar-refractivity contribution in [3.8, 4) is 5.75 Å². The van der Waals surface area contributed by atoms with E-state index in [1.54, 1.807) is 6.08 Å². The van der Waals surface area contributed by atoms with Crippen molar-refractivity contribution < 1.29 is 9.53 Å². The second kappa shape index (κ2) is 10.1. The Kier molecular flexibility index (Phi) is 6.78. The van der Waals surface area contributed by atoms with Crippen molar-refractivity contribution in [2.24, 2.45) is 10.1 Å². The van der Waals surface area contributed by atoms with Crippen LogP contribution in [0.2, 0.25) is 0 Å². The van der Waals surface area contributed by atoms with Gasteiger partial charge in [-0.05, 0) is 62.2 Å². The number of hydrogen-bond donors (Lipinski definition) is 1. The van der Waals surface area contributed by atoms with Gasteiger partial charge in [-0.3, -0.25) is 10.2 Å². The number of para-hydroxylation sites is 2. The number of nitrogens with one attached hydrogen (secondary N) is 1. The van der Waals surface area contributed by atoms with Gasteiger partial charge in [0.05, 0.1) is 12.1 Å². The molecule has 2 aliphatic rings. The second-order valence-electron chi connectivity index (χ2n) is 8.90. The number of amides is 1. The maximum Gasteiger partial charge on any atom is 0.283 e. The minimum atomic E-state index is -0.398. The zero-order valence-electron chi connectivity index (χ0n) is 20.7. The molecule has 2 aromatic carbocycles. The highest BCUT2D eigenvalue weighted by Gasteiger charge is 2.35. The van der Waals surface area contributed by atoms with Crippen LogP contribution in [-0.4, -0.2) is 38.1 Å². The molecular formula is C28H29N5O2S. The summed E-state index contributed by atoms with van der Waals surface area (Å²) in [7, 11) is 0. The van der Waals surface area contributed by atoms with Crippen molar-refractivity contribution in [1.29, 1.82) is 5.41 Å². The van der Waals surface area contributed by atoms with Crippen molar-refractivity contribution in [2.45, 2.75) is 46.6 Å². The predicted molar refractivity (Wildman–Crippen MR) is 148 cm³/mol. The molecule has 0 aliphatic carbocycles. The third-order valence-electron chi connectivity index (χ3n) is 6.47. The first-order valence-electron chi connectivity index (χ1n) is 12.2. The van der Waals surface area contributed by atoms with Gasteiger partial charge in [-0.25, -0.2) is 0 Å². The maximum atomic E-state index is 13.0. The van der Waals surface area contributed by atoms with Crippen LogP contribution in [0, 0.1) is 19.3 Å². The number of benzene rings is 2. The first-order chi connectivity index (χ1) is 17.5. The maximum absolute atomic E-state index is 13.0. The van der Waals surface area contributed by atoms with E-state index in [2.05, 4.69) is 27.7 Å². The molecular weight excluding hydrogens is 470 g/mol. The topological polar surface area (TPSA) is 83.0 Å². The van der Waals surface area contributed by atoms with Crippen LogP contribution in [0.4, 0.5) is 0 Å².